The molecule has 0 spiro atoms. The molecule has 1 aromatic rings. The van der Waals surface area contributed by atoms with Gasteiger partial charge in [-0.15, -0.1) is 0 Å². The van der Waals surface area contributed by atoms with Crippen molar-refractivity contribution in [2.75, 3.05) is 66.0 Å². The Morgan fingerprint density at radius 2 is 1.14 bits per heavy atom. The van der Waals surface area contributed by atoms with Crippen LogP contribution in [0.5, 0.6) is 0 Å². The highest BCUT2D eigenvalue weighted by Crippen LogP contribution is 2.21. The molecule has 8 heteroatoms. The number of fused-ring (bicyclic) bond motifs is 1. The van der Waals surface area contributed by atoms with Crippen molar-refractivity contribution in [3.05, 3.63) is 48.2 Å². The van der Waals surface area contributed by atoms with Gasteiger partial charge in [0.2, 0.25) is 0 Å². The Balaban J connectivity index is 1.40. The number of benzene rings is 1. The molecule has 0 N–H and O–H groups in total. The van der Waals surface area contributed by atoms with Gasteiger partial charge in [0.1, 0.15) is 6.61 Å². The molecule has 0 radical (unpaired) electrons. The van der Waals surface area contributed by atoms with Gasteiger partial charge in [0.15, 0.2) is 0 Å². The van der Waals surface area contributed by atoms with Crippen LogP contribution in [0.1, 0.15) is 20.7 Å². The maximum Gasteiger partial charge on any atom is 0.261 e. The minimum Gasteiger partial charge on any atom is -0.499 e. The number of hydrogen-bond acceptors (Lipinski definition) is 7. The molecule has 1 aromatic carbocycles. The molecule has 1 aliphatic rings. The first-order chi connectivity index (χ1) is 13.8. The molecular weight excluding hydrogens is 366 g/mol. The summed E-state index contributed by atoms with van der Waals surface area (Å²) in [6, 6.07) is 6.82. The van der Waals surface area contributed by atoms with E-state index in [0.29, 0.717) is 64.0 Å². The lowest BCUT2D eigenvalue weighted by Gasteiger charge is -2.13. The molecule has 2 amide bonds. The van der Waals surface area contributed by atoms with Gasteiger partial charge >= 0.3 is 0 Å². The smallest absolute Gasteiger partial charge is 0.261 e. The predicted octanol–water partition coefficient (Wildman–Crippen LogP) is 1.51. The fourth-order valence-electron chi connectivity index (χ4n) is 2.55. The van der Waals surface area contributed by atoms with Gasteiger partial charge in [-0.3, -0.25) is 14.5 Å². The van der Waals surface area contributed by atoms with Gasteiger partial charge in [-0.25, -0.2) is 0 Å². The first kappa shape index (κ1) is 22.0. The van der Waals surface area contributed by atoms with Gasteiger partial charge in [0, 0.05) is 0 Å². The Labute approximate surface area is 164 Å². The molecule has 1 heterocycles. The number of hydrogen-bond donors (Lipinski definition) is 0. The molecule has 0 atom stereocenters. The van der Waals surface area contributed by atoms with Gasteiger partial charge in [-0.1, -0.05) is 18.7 Å². The van der Waals surface area contributed by atoms with E-state index in [2.05, 4.69) is 6.58 Å². The fourth-order valence-corrected chi connectivity index (χ4v) is 2.55. The van der Waals surface area contributed by atoms with Crippen LogP contribution in [0, 0.1) is 0 Å². The number of amides is 2. The van der Waals surface area contributed by atoms with Crippen LogP contribution in [0.4, 0.5) is 0 Å². The summed E-state index contributed by atoms with van der Waals surface area (Å²) in [6.07, 6.45) is 1.38. The van der Waals surface area contributed by atoms with Crippen LogP contribution in [0.15, 0.2) is 37.1 Å². The van der Waals surface area contributed by atoms with Gasteiger partial charge in [0.05, 0.1) is 76.8 Å². The molecule has 8 nitrogen and oxygen atoms in total. The van der Waals surface area contributed by atoms with Crippen LogP contribution in [-0.4, -0.2) is 82.7 Å². The van der Waals surface area contributed by atoms with Crippen molar-refractivity contribution in [1.82, 2.24) is 4.90 Å². The molecule has 0 aliphatic carbocycles. The summed E-state index contributed by atoms with van der Waals surface area (Å²) < 4.78 is 26.4. The second kappa shape index (κ2) is 13.0. The Morgan fingerprint density at radius 3 is 1.61 bits per heavy atom. The van der Waals surface area contributed by atoms with Gasteiger partial charge < -0.3 is 23.7 Å². The van der Waals surface area contributed by atoms with Crippen molar-refractivity contribution in [2.45, 2.75) is 0 Å². The fraction of sp³-hybridized carbons (Fsp3) is 0.500. The highest BCUT2D eigenvalue weighted by molar-refractivity contribution is 6.21. The maximum atomic E-state index is 12.2. The summed E-state index contributed by atoms with van der Waals surface area (Å²) in [5, 5.41) is 0. The molecule has 2 rings (SSSR count). The highest BCUT2D eigenvalue weighted by Gasteiger charge is 2.34. The Morgan fingerprint density at radius 1 is 0.714 bits per heavy atom. The summed E-state index contributed by atoms with van der Waals surface area (Å²) in [5.41, 5.74) is 0.901. The zero-order chi connectivity index (χ0) is 20.0. The second-order valence-electron chi connectivity index (χ2n) is 5.79. The van der Waals surface area contributed by atoms with E-state index >= 15 is 0 Å². The maximum absolute atomic E-state index is 12.2. The minimum atomic E-state index is -0.269. The normalized spacial score (nSPS) is 13.1. The number of imide groups is 1. The highest BCUT2D eigenvalue weighted by atomic mass is 16.6. The summed E-state index contributed by atoms with van der Waals surface area (Å²) >= 11 is 0. The number of carbonyl (C=O) groups excluding carboxylic acids is 2. The SMILES string of the molecule is C=COCCOCCOCCOCCOCCN1C(=O)c2ccccc2C1=O. The van der Waals surface area contributed by atoms with E-state index in [9.17, 15) is 9.59 Å². The molecule has 0 saturated heterocycles. The van der Waals surface area contributed by atoms with Crippen LogP contribution in [0.3, 0.4) is 0 Å². The van der Waals surface area contributed by atoms with Crippen molar-refractivity contribution in [1.29, 1.82) is 0 Å². The molecule has 0 saturated carbocycles. The number of carbonyl (C=O) groups is 2. The summed E-state index contributed by atoms with van der Waals surface area (Å²) in [4.78, 5) is 25.6. The molecule has 0 bridgehead atoms. The van der Waals surface area contributed by atoms with Crippen LogP contribution < -0.4 is 0 Å². The van der Waals surface area contributed by atoms with Crippen molar-refractivity contribution in [2.24, 2.45) is 0 Å². The topological polar surface area (TPSA) is 83.5 Å². The lowest BCUT2D eigenvalue weighted by Crippen LogP contribution is -2.33. The summed E-state index contributed by atoms with van der Waals surface area (Å²) in [6.45, 7) is 7.66. The lowest BCUT2D eigenvalue weighted by molar-refractivity contribution is -0.00719. The van der Waals surface area contributed by atoms with Crippen molar-refractivity contribution in [3.8, 4) is 0 Å². The van der Waals surface area contributed by atoms with E-state index in [1.54, 1.807) is 24.3 Å². The first-order valence-electron chi connectivity index (χ1n) is 9.24. The molecule has 154 valence electrons. The van der Waals surface area contributed by atoms with E-state index in [0.717, 1.165) is 0 Å². The molecule has 0 aromatic heterocycles. The zero-order valence-electron chi connectivity index (χ0n) is 16.0. The van der Waals surface area contributed by atoms with Crippen LogP contribution in [-0.2, 0) is 23.7 Å². The van der Waals surface area contributed by atoms with Crippen LogP contribution in [0.25, 0.3) is 0 Å². The third kappa shape index (κ3) is 7.05. The minimum absolute atomic E-state index is 0.229. The van der Waals surface area contributed by atoms with Crippen molar-refractivity contribution < 1.29 is 33.3 Å². The summed E-state index contributed by atoms with van der Waals surface area (Å²) in [5.74, 6) is -0.537. The summed E-state index contributed by atoms with van der Waals surface area (Å²) in [7, 11) is 0. The second-order valence-corrected chi connectivity index (χ2v) is 5.79. The average Bonchev–Trinajstić information content (AvgIpc) is 2.96. The van der Waals surface area contributed by atoms with Gasteiger partial charge in [-0.2, -0.15) is 0 Å². The first-order valence-corrected chi connectivity index (χ1v) is 9.24. The number of rotatable bonds is 16. The average molecular weight is 393 g/mol. The Kier molecular flexibility index (Phi) is 10.2. The molecular formula is C20H27NO7. The van der Waals surface area contributed by atoms with E-state index in [1.165, 1.54) is 11.2 Å². The molecule has 28 heavy (non-hydrogen) atoms. The molecule has 0 fully saturated rings. The monoisotopic (exact) mass is 393 g/mol. The van der Waals surface area contributed by atoms with E-state index in [-0.39, 0.29) is 25.0 Å². The van der Waals surface area contributed by atoms with Crippen molar-refractivity contribution >= 4 is 11.8 Å². The molecule has 0 unspecified atom stereocenters. The third-order valence-electron chi connectivity index (χ3n) is 3.92. The van der Waals surface area contributed by atoms with Crippen LogP contribution in [0.2, 0.25) is 0 Å². The van der Waals surface area contributed by atoms with E-state index in [4.69, 9.17) is 23.7 Å². The van der Waals surface area contributed by atoms with E-state index in [1.807, 2.05) is 0 Å². The van der Waals surface area contributed by atoms with E-state index < -0.39 is 0 Å². The van der Waals surface area contributed by atoms with Crippen LogP contribution >= 0.6 is 0 Å². The zero-order valence-corrected chi connectivity index (χ0v) is 16.0. The van der Waals surface area contributed by atoms with Crippen molar-refractivity contribution in [3.63, 3.8) is 0 Å². The van der Waals surface area contributed by atoms with Gasteiger partial charge in [-0.05, 0) is 12.1 Å². The van der Waals surface area contributed by atoms with Gasteiger partial charge in [0.25, 0.3) is 11.8 Å². The largest absolute Gasteiger partial charge is 0.499 e. The number of ether oxygens (including phenoxy) is 5. The standard InChI is InChI=1S/C20H27NO7/c1-2-24-9-10-26-13-14-28-16-15-27-12-11-25-8-7-21-19(22)17-5-3-4-6-18(17)20(21)23/h2-6H,1,7-16H2. The Bertz CT molecular complexity index is 600. The Hall–Kier alpha value is -2.26. The third-order valence-corrected chi connectivity index (χ3v) is 3.92. The quantitative estimate of drug-likeness (QED) is 0.239. The predicted molar refractivity (Wildman–Crippen MR) is 101 cm³/mol. The molecule has 1 aliphatic heterocycles. The lowest BCUT2D eigenvalue weighted by atomic mass is 10.1. The number of nitrogens with zero attached hydrogens (tertiary/aromatic N) is 1.